The maximum Gasteiger partial charge on any atom is 0.170 e. The minimum atomic E-state index is 0.0340. The lowest BCUT2D eigenvalue weighted by molar-refractivity contribution is 0.291. The monoisotopic (exact) mass is 355 g/mol. The van der Waals surface area contributed by atoms with E-state index in [1.807, 2.05) is 36.5 Å². The van der Waals surface area contributed by atoms with Crippen molar-refractivity contribution in [3.05, 3.63) is 76.1 Å². The average molecular weight is 355 g/mol. The van der Waals surface area contributed by atoms with E-state index in [0.29, 0.717) is 6.54 Å². The highest BCUT2D eigenvalue weighted by molar-refractivity contribution is 7.80. The zero-order valence-electron chi connectivity index (χ0n) is 13.2. The van der Waals surface area contributed by atoms with Gasteiger partial charge in [0.15, 0.2) is 5.11 Å². The third-order valence-corrected chi connectivity index (χ3v) is 5.58. The van der Waals surface area contributed by atoms with Crippen LogP contribution in [0.15, 0.2) is 59.3 Å². The highest BCUT2D eigenvalue weighted by Crippen LogP contribution is 2.41. The number of aryl methyl sites for hydroxylation is 1. The van der Waals surface area contributed by atoms with Crippen molar-refractivity contribution >= 4 is 28.7 Å². The molecule has 1 saturated heterocycles. The van der Waals surface area contributed by atoms with Crippen molar-refractivity contribution in [3.8, 4) is 0 Å². The summed E-state index contributed by atoms with van der Waals surface area (Å²) < 4.78 is 5.53. The van der Waals surface area contributed by atoms with E-state index in [1.54, 1.807) is 17.6 Å². The van der Waals surface area contributed by atoms with Crippen molar-refractivity contribution < 1.29 is 4.42 Å². The normalized spacial score (nSPS) is 20.4. The van der Waals surface area contributed by atoms with Crippen molar-refractivity contribution in [2.24, 2.45) is 0 Å². The molecular weight excluding hydrogens is 338 g/mol. The predicted octanol–water partition coefficient (Wildman–Crippen LogP) is 4.22. The number of nitrogens with zero attached hydrogens (tertiary/aromatic N) is 2. The molecule has 0 saturated carbocycles. The van der Waals surface area contributed by atoms with Crippen LogP contribution in [0.5, 0.6) is 0 Å². The van der Waals surface area contributed by atoms with E-state index in [-0.39, 0.29) is 12.1 Å². The maximum atomic E-state index is 5.62. The molecule has 4 heterocycles. The van der Waals surface area contributed by atoms with E-state index in [2.05, 4.69) is 34.3 Å². The van der Waals surface area contributed by atoms with Crippen LogP contribution in [-0.2, 0) is 6.54 Å². The van der Waals surface area contributed by atoms with Gasteiger partial charge < -0.3 is 14.6 Å². The fourth-order valence-corrected chi connectivity index (χ4v) is 4.40. The van der Waals surface area contributed by atoms with Crippen LogP contribution in [0.1, 0.15) is 33.3 Å². The van der Waals surface area contributed by atoms with Crippen LogP contribution in [0.2, 0.25) is 0 Å². The first-order chi connectivity index (χ1) is 11.7. The van der Waals surface area contributed by atoms with Crippen molar-refractivity contribution in [3.63, 3.8) is 0 Å². The fourth-order valence-electron chi connectivity index (χ4n) is 3.07. The van der Waals surface area contributed by atoms with Gasteiger partial charge in [-0.1, -0.05) is 6.07 Å². The van der Waals surface area contributed by atoms with Crippen LogP contribution in [-0.4, -0.2) is 15.0 Å². The molecule has 0 amide bonds. The Morgan fingerprint density at radius 1 is 1.25 bits per heavy atom. The van der Waals surface area contributed by atoms with Crippen LogP contribution in [0.3, 0.4) is 0 Å². The van der Waals surface area contributed by atoms with E-state index < -0.39 is 0 Å². The molecule has 0 spiro atoms. The van der Waals surface area contributed by atoms with Crippen molar-refractivity contribution in [1.29, 1.82) is 0 Å². The van der Waals surface area contributed by atoms with Crippen LogP contribution >= 0.6 is 23.6 Å². The van der Waals surface area contributed by atoms with Gasteiger partial charge in [-0.25, -0.2) is 0 Å². The van der Waals surface area contributed by atoms with Gasteiger partial charge in [0.05, 0.1) is 30.6 Å². The molecule has 3 aromatic rings. The highest BCUT2D eigenvalue weighted by atomic mass is 32.1. The number of hydrogen-bond acceptors (Lipinski definition) is 4. The zero-order chi connectivity index (χ0) is 16.5. The number of aromatic nitrogens is 1. The second-order valence-corrected chi connectivity index (χ2v) is 7.49. The van der Waals surface area contributed by atoms with Gasteiger partial charge >= 0.3 is 0 Å². The smallest absolute Gasteiger partial charge is 0.170 e. The molecule has 6 heteroatoms. The summed E-state index contributed by atoms with van der Waals surface area (Å²) in [5.74, 6) is 0.902. The molecule has 0 unspecified atom stereocenters. The molecule has 1 aliphatic heterocycles. The molecular formula is C18H17N3OS2. The number of pyridine rings is 1. The summed E-state index contributed by atoms with van der Waals surface area (Å²) in [6, 6.07) is 14.4. The Hall–Kier alpha value is -2.18. The Kier molecular flexibility index (Phi) is 4.08. The van der Waals surface area contributed by atoms with E-state index >= 15 is 0 Å². The van der Waals surface area contributed by atoms with Gasteiger partial charge in [-0.15, -0.1) is 11.3 Å². The zero-order valence-corrected chi connectivity index (χ0v) is 14.8. The first-order valence-corrected chi connectivity index (χ1v) is 9.01. The average Bonchev–Trinajstić information content (AvgIpc) is 3.31. The second kappa shape index (κ2) is 6.37. The molecule has 4 nitrogen and oxygen atoms in total. The lowest BCUT2D eigenvalue weighted by Crippen LogP contribution is -2.28. The van der Waals surface area contributed by atoms with E-state index in [4.69, 9.17) is 16.6 Å². The third-order valence-electron chi connectivity index (χ3n) is 4.16. The van der Waals surface area contributed by atoms with Crippen molar-refractivity contribution in [2.75, 3.05) is 0 Å². The Morgan fingerprint density at radius 2 is 2.17 bits per heavy atom. The quantitative estimate of drug-likeness (QED) is 0.710. The molecule has 0 bridgehead atoms. The van der Waals surface area contributed by atoms with Crippen molar-refractivity contribution in [1.82, 2.24) is 15.2 Å². The largest absolute Gasteiger partial charge is 0.467 e. The summed E-state index contributed by atoms with van der Waals surface area (Å²) in [6.07, 6.45) is 3.52. The molecule has 1 N–H and O–H groups in total. The minimum Gasteiger partial charge on any atom is -0.467 e. The maximum absolute atomic E-state index is 5.62. The molecule has 4 rings (SSSR count). The van der Waals surface area contributed by atoms with Gasteiger partial charge in [0.2, 0.25) is 0 Å². The molecule has 2 atom stereocenters. The number of thiocarbonyl (C=S) groups is 1. The summed E-state index contributed by atoms with van der Waals surface area (Å²) in [5, 5.41) is 4.18. The number of thiophene rings is 1. The number of hydrogen-bond donors (Lipinski definition) is 1. The fraction of sp³-hybridized carbons (Fsp3) is 0.222. The molecule has 1 aliphatic rings. The Morgan fingerprint density at radius 3 is 2.83 bits per heavy atom. The first kappa shape index (κ1) is 15.4. The van der Waals surface area contributed by atoms with E-state index in [0.717, 1.165) is 16.6 Å². The summed E-state index contributed by atoms with van der Waals surface area (Å²) >= 11 is 7.43. The van der Waals surface area contributed by atoms with Crippen LogP contribution < -0.4 is 5.32 Å². The summed E-state index contributed by atoms with van der Waals surface area (Å²) in [6.45, 7) is 2.77. The second-order valence-electron chi connectivity index (χ2n) is 5.78. The minimum absolute atomic E-state index is 0.0340. The summed E-state index contributed by atoms with van der Waals surface area (Å²) in [5.41, 5.74) is 0.998. The van der Waals surface area contributed by atoms with Crippen LogP contribution in [0, 0.1) is 6.92 Å². The molecule has 1 fully saturated rings. The third kappa shape index (κ3) is 2.83. The molecule has 0 aliphatic carbocycles. The number of rotatable bonds is 4. The van der Waals surface area contributed by atoms with Gasteiger partial charge in [-0.3, -0.25) is 4.98 Å². The topological polar surface area (TPSA) is 41.3 Å². The highest BCUT2D eigenvalue weighted by Gasteiger charge is 2.40. The van der Waals surface area contributed by atoms with E-state index in [1.165, 1.54) is 9.75 Å². The molecule has 122 valence electrons. The van der Waals surface area contributed by atoms with Gasteiger partial charge in [-0.2, -0.15) is 0 Å². The van der Waals surface area contributed by atoms with Gasteiger partial charge in [-0.05, 0) is 55.5 Å². The first-order valence-electron chi connectivity index (χ1n) is 7.79. The van der Waals surface area contributed by atoms with Gasteiger partial charge in [0.1, 0.15) is 5.76 Å². The van der Waals surface area contributed by atoms with Gasteiger partial charge in [0, 0.05) is 16.0 Å². The Balaban J connectivity index is 1.73. The Labute approximate surface area is 150 Å². The number of nitrogens with one attached hydrogen (secondary N) is 1. The van der Waals surface area contributed by atoms with Crippen LogP contribution in [0.4, 0.5) is 0 Å². The van der Waals surface area contributed by atoms with Crippen molar-refractivity contribution in [2.45, 2.75) is 25.6 Å². The summed E-state index contributed by atoms with van der Waals surface area (Å²) in [7, 11) is 0. The lowest BCUT2D eigenvalue weighted by atomic mass is 10.0. The van der Waals surface area contributed by atoms with Crippen LogP contribution in [0.25, 0.3) is 0 Å². The predicted molar refractivity (Wildman–Crippen MR) is 98.8 cm³/mol. The molecule has 0 radical (unpaired) electrons. The standard InChI is InChI=1S/C18H17N3OS2/c1-12-7-8-15(24-12)17-16(14-6-2-3-9-19-14)20-18(23)21(17)11-13-5-4-10-22-13/h2-10,16-17H,11H2,1H3,(H,20,23)/t16-,17+/m1/s1. The summed E-state index contributed by atoms with van der Waals surface area (Å²) in [4.78, 5) is 9.31. The van der Waals surface area contributed by atoms with E-state index in [9.17, 15) is 0 Å². The SMILES string of the molecule is Cc1ccc([C@H]2[C@@H](c3ccccn3)NC(=S)N2Cc2ccco2)s1. The molecule has 24 heavy (non-hydrogen) atoms. The molecule has 3 aromatic heterocycles. The molecule has 0 aromatic carbocycles. The lowest BCUT2D eigenvalue weighted by Gasteiger charge is -2.26. The number of furan rings is 1. The van der Waals surface area contributed by atoms with Gasteiger partial charge in [0.25, 0.3) is 0 Å². The Bertz CT molecular complexity index is 829.